The Morgan fingerprint density at radius 1 is 1.32 bits per heavy atom. The molecule has 0 spiro atoms. The number of halogens is 1. The molecule has 1 aliphatic carbocycles. The number of hydrogen-bond acceptors (Lipinski definition) is 2. The molecule has 0 aliphatic heterocycles. The van der Waals surface area contributed by atoms with Gasteiger partial charge in [0.05, 0.1) is 5.52 Å². The van der Waals surface area contributed by atoms with Crippen molar-refractivity contribution < 1.29 is 0 Å². The van der Waals surface area contributed by atoms with Crippen LogP contribution < -0.4 is 5.73 Å². The van der Waals surface area contributed by atoms with Gasteiger partial charge in [-0.3, -0.25) is 4.68 Å². The summed E-state index contributed by atoms with van der Waals surface area (Å²) in [6, 6.07) is 6.51. The van der Waals surface area contributed by atoms with Crippen LogP contribution in [0.5, 0.6) is 0 Å². The van der Waals surface area contributed by atoms with Crippen molar-refractivity contribution in [3.63, 3.8) is 0 Å². The van der Waals surface area contributed by atoms with Crippen molar-refractivity contribution in [3.05, 3.63) is 28.4 Å². The van der Waals surface area contributed by atoms with Crippen LogP contribution in [0.3, 0.4) is 0 Å². The van der Waals surface area contributed by atoms with E-state index in [1.54, 1.807) is 0 Å². The van der Waals surface area contributed by atoms with Gasteiger partial charge in [0.1, 0.15) is 4.60 Å². The van der Waals surface area contributed by atoms with E-state index in [1.165, 1.54) is 48.6 Å². The molecule has 1 aromatic carbocycles. The summed E-state index contributed by atoms with van der Waals surface area (Å²) < 4.78 is 2.88. The predicted octanol–water partition coefficient (Wildman–Crippen LogP) is 3.50. The normalized spacial score (nSPS) is 18.9. The minimum Gasteiger partial charge on any atom is -0.330 e. The largest absolute Gasteiger partial charge is 0.330 e. The molecular weight excluding hydrogens is 302 g/mol. The second-order valence-electron chi connectivity index (χ2n) is 5.66. The number of aromatic nitrogens is 2. The van der Waals surface area contributed by atoms with Crippen LogP contribution >= 0.6 is 15.9 Å². The van der Waals surface area contributed by atoms with Gasteiger partial charge in [-0.1, -0.05) is 31.4 Å². The van der Waals surface area contributed by atoms with Crippen LogP contribution in [0, 0.1) is 0 Å². The second kappa shape index (κ2) is 4.91. The van der Waals surface area contributed by atoms with Crippen molar-refractivity contribution in [1.82, 2.24) is 9.78 Å². The molecule has 1 heterocycles. The zero-order valence-corrected chi connectivity index (χ0v) is 12.9. The molecule has 0 bridgehead atoms. The van der Waals surface area contributed by atoms with Gasteiger partial charge in [-0.15, -0.1) is 0 Å². The highest BCUT2D eigenvalue weighted by molar-refractivity contribution is 9.10. The molecule has 0 atom stereocenters. The first-order chi connectivity index (χ1) is 9.18. The van der Waals surface area contributed by atoms with Crippen molar-refractivity contribution >= 4 is 26.8 Å². The molecule has 0 amide bonds. The van der Waals surface area contributed by atoms with Crippen molar-refractivity contribution in [2.24, 2.45) is 12.8 Å². The summed E-state index contributed by atoms with van der Waals surface area (Å²) in [5.41, 5.74) is 8.88. The number of nitrogens with zero attached hydrogens (tertiary/aromatic N) is 2. The molecule has 0 unspecified atom stereocenters. The van der Waals surface area contributed by atoms with E-state index in [9.17, 15) is 0 Å². The third kappa shape index (κ3) is 2.01. The van der Waals surface area contributed by atoms with Crippen molar-refractivity contribution in [3.8, 4) is 0 Å². The van der Waals surface area contributed by atoms with Crippen molar-refractivity contribution in [1.29, 1.82) is 0 Å². The van der Waals surface area contributed by atoms with E-state index >= 15 is 0 Å². The Morgan fingerprint density at radius 2 is 2.05 bits per heavy atom. The Kier molecular flexibility index (Phi) is 3.39. The molecule has 1 saturated carbocycles. The van der Waals surface area contributed by atoms with Crippen LogP contribution in [0.2, 0.25) is 0 Å². The molecule has 3 nitrogen and oxygen atoms in total. The van der Waals surface area contributed by atoms with Crippen LogP contribution in [0.15, 0.2) is 22.8 Å². The molecule has 1 aromatic heterocycles. The lowest BCUT2D eigenvalue weighted by Crippen LogP contribution is -2.37. The van der Waals surface area contributed by atoms with Gasteiger partial charge in [-0.05, 0) is 40.4 Å². The van der Waals surface area contributed by atoms with E-state index in [-0.39, 0.29) is 5.41 Å². The summed E-state index contributed by atoms with van der Waals surface area (Å²) in [5, 5.41) is 5.75. The summed E-state index contributed by atoms with van der Waals surface area (Å²) in [6.07, 6.45) is 6.30. The van der Waals surface area contributed by atoms with Crippen LogP contribution in [-0.4, -0.2) is 16.3 Å². The SMILES string of the molecule is Cn1nc(Br)c2c(C3(CN)CCCCC3)cccc21. The number of nitrogens with two attached hydrogens (primary N) is 1. The number of fused-ring (bicyclic) bond motifs is 1. The third-order valence-electron chi connectivity index (χ3n) is 4.61. The summed E-state index contributed by atoms with van der Waals surface area (Å²) in [4.78, 5) is 0. The zero-order chi connectivity index (χ0) is 13.5. The smallest absolute Gasteiger partial charge is 0.136 e. The lowest BCUT2D eigenvalue weighted by atomic mass is 9.68. The van der Waals surface area contributed by atoms with Crippen molar-refractivity contribution in [2.45, 2.75) is 37.5 Å². The molecule has 4 heteroatoms. The summed E-state index contributed by atoms with van der Waals surface area (Å²) in [7, 11) is 1.99. The van der Waals surface area contributed by atoms with E-state index in [2.05, 4.69) is 39.2 Å². The minimum atomic E-state index is 0.142. The number of benzene rings is 1. The number of hydrogen-bond donors (Lipinski definition) is 1. The van der Waals surface area contributed by atoms with E-state index in [4.69, 9.17) is 5.73 Å². The highest BCUT2D eigenvalue weighted by Gasteiger charge is 2.34. The maximum atomic E-state index is 6.18. The van der Waals surface area contributed by atoms with Gasteiger partial charge in [0, 0.05) is 24.4 Å². The molecular formula is C15H20BrN3. The first kappa shape index (κ1) is 13.1. The standard InChI is InChI=1S/C15H20BrN3/c1-19-12-7-5-6-11(13(12)14(16)18-19)15(10-17)8-3-2-4-9-15/h5-7H,2-4,8-10,17H2,1H3. The van der Waals surface area contributed by atoms with Gasteiger partial charge in [0.15, 0.2) is 0 Å². The van der Waals surface area contributed by atoms with Gasteiger partial charge < -0.3 is 5.73 Å². The van der Waals surface area contributed by atoms with Gasteiger partial charge in [-0.2, -0.15) is 5.10 Å². The Labute approximate surface area is 122 Å². The van der Waals surface area contributed by atoms with Gasteiger partial charge in [0.2, 0.25) is 0 Å². The van der Waals surface area contributed by atoms with Crippen LogP contribution in [-0.2, 0) is 12.5 Å². The maximum absolute atomic E-state index is 6.18. The fraction of sp³-hybridized carbons (Fsp3) is 0.533. The zero-order valence-electron chi connectivity index (χ0n) is 11.3. The number of aryl methyl sites for hydroxylation is 1. The first-order valence-electron chi connectivity index (χ1n) is 7.00. The Bertz CT molecular complexity index is 597. The average molecular weight is 322 g/mol. The van der Waals surface area contributed by atoms with Crippen LogP contribution in [0.4, 0.5) is 0 Å². The molecule has 1 aliphatic rings. The Morgan fingerprint density at radius 3 is 2.74 bits per heavy atom. The predicted molar refractivity (Wildman–Crippen MR) is 82.2 cm³/mol. The summed E-state index contributed by atoms with van der Waals surface area (Å²) in [6.45, 7) is 0.730. The minimum absolute atomic E-state index is 0.142. The Balaban J connectivity index is 2.23. The third-order valence-corrected chi connectivity index (χ3v) is 5.16. The highest BCUT2D eigenvalue weighted by Crippen LogP contribution is 2.43. The van der Waals surface area contributed by atoms with Crippen LogP contribution in [0.25, 0.3) is 10.9 Å². The summed E-state index contributed by atoms with van der Waals surface area (Å²) in [5.74, 6) is 0. The molecule has 19 heavy (non-hydrogen) atoms. The molecule has 3 rings (SSSR count). The van der Waals surface area contributed by atoms with E-state index in [0.29, 0.717) is 0 Å². The van der Waals surface area contributed by atoms with E-state index in [0.717, 1.165) is 11.1 Å². The lowest BCUT2D eigenvalue weighted by Gasteiger charge is -2.37. The maximum Gasteiger partial charge on any atom is 0.136 e. The fourth-order valence-corrected chi connectivity index (χ4v) is 4.17. The van der Waals surface area contributed by atoms with Crippen molar-refractivity contribution in [2.75, 3.05) is 6.54 Å². The quantitative estimate of drug-likeness (QED) is 0.920. The first-order valence-corrected chi connectivity index (χ1v) is 7.79. The highest BCUT2D eigenvalue weighted by atomic mass is 79.9. The Hall–Kier alpha value is -0.870. The molecule has 0 saturated heterocycles. The topological polar surface area (TPSA) is 43.8 Å². The molecule has 1 fully saturated rings. The van der Waals surface area contributed by atoms with E-state index in [1.807, 2.05) is 11.7 Å². The average Bonchev–Trinajstić information content (AvgIpc) is 2.75. The van der Waals surface area contributed by atoms with Crippen LogP contribution in [0.1, 0.15) is 37.7 Å². The van der Waals surface area contributed by atoms with Gasteiger partial charge in [-0.25, -0.2) is 0 Å². The molecule has 2 aromatic rings. The lowest BCUT2D eigenvalue weighted by molar-refractivity contribution is 0.303. The van der Waals surface area contributed by atoms with Gasteiger partial charge >= 0.3 is 0 Å². The molecule has 102 valence electrons. The van der Waals surface area contributed by atoms with E-state index < -0.39 is 0 Å². The summed E-state index contributed by atoms with van der Waals surface area (Å²) >= 11 is 3.62. The molecule has 2 N–H and O–H groups in total. The number of rotatable bonds is 2. The second-order valence-corrected chi connectivity index (χ2v) is 6.41. The monoisotopic (exact) mass is 321 g/mol. The fourth-order valence-electron chi connectivity index (χ4n) is 3.52. The molecule has 0 radical (unpaired) electrons. The van der Waals surface area contributed by atoms with Gasteiger partial charge in [0.25, 0.3) is 0 Å².